The second-order valence-electron chi connectivity index (χ2n) is 5.80. The predicted octanol–water partition coefficient (Wildman–Crippen LogP) is 3.34. The van der Waals surface area contributed by atoms with Gasteiger partial charge in [0.05, 0.1) is 12.1 Å². The van der Waals surface area contributed by atoms with Gasteiger partial charge in [-0.15, -0.1) is 6.58 Å². The Bertz CT molecular complexity index is 517. The van der Waals surface area contributed by atoms with Crippen LogP contribution in [0.25, 0.3) is 0 Å². The Kier molecular flexibility index (Phi) is 5.37. The maximum atomic E-state index is 10.3. The van der Waals surface area contributed by atoms with Crippen LogP contribution in [0.2, 0.25) is 0 Å². The fourth-order valence-electron chi connectivity index (χ4n) is 2.86. The van der Waals surface area contributed by atoms with E-state index < -0.39 is 0 Å². The third-order valence-electron chi connectivity index (χ3n) is 4.36. The molecule has 0 unspecified atom stereocenters. The zero-order chi connectivity index (χ0) is 15.4. The van der Waals surface area contributed by atoms with Crippen molar-refractivity contribution in [1.82, 2.24) is 4.90 Å². The lowest BCUT2D eigenvalue weighted by molar-refractivity contribution is 0.0483. The quantitative estimate of drug-likeness (QED) is 0.663. The Morgan fingerprint density at radius 2 is 2.14 bits per heavy atom. The third kappa shape index (κ3) is 3.83. The minimum absolute atomic E-state index is 0.0470. The van der Waals surface area contributed by atoms with Gasteiger partial charge >= 0.3 is 0 Å². The molecular weight excluding hydrogens is 280 g/mol. The third-order valence-corrected chi connectivity index (χ3v) is 4.75. The second-order valence-corrected chi connectivity index (χ2v) is 6.19. The van der Waals surface area contributed by atoms with Gasteiger partial charge < -0.3 is 15.3 Å². The van der Waals surface area contributed by atoms with Gasteiger partial charge in [0, 0.05) is 12.7 Å². The number of hydrogen-bond acceptors (Lipinski definition) is 2. The minimum Gasteiger partial charge on any atom is -0.391 e. The first kappa shape index (κ1) is 16.0. The molecule has 1 aliphatic carbocycles. The zero-order valence-corrected chi connectivity index (χ0v) is 13.6. The average Bonchev–Trinajstić information content (AvgIpc) is 2.49. The van der Waals surface area contributed by atoms with E-state index in [-0.39, 0.29) is 12.1 Å². The first-order valence-corrected chi connectivity index (χ1v) is 7.83. The number of benzene rings is 1. The summed E-state index contributed by atoms with van der Waals surface area (Å²) in [4.78, 5) is 1.99. The summed E-state index contributed by atoms with van der Waals surface area (Å²) in [5, 5.41) is 14.2. The minimum atomic E-state index is -0.331. The molecule has 4 heteroatoms. The van der Waals surface area contributed by atoms with Gasteiger partial charge in [0.2, 0.25) is 0 Å². The van der Waals surface area contributed by atoms with Crippen LogP contribution in [0, 0.1) is 12.8 Å². The van der Waals surface area contributed by atoms with Crippen LogP contribution < -0.4 is 5.32 Å². The van der Waals surface area contributed by atoms with Crippen LogP contribution in [0.4, 0.5) is 5.69 Å². The van der Waals surface area contributed by atoms with Crippen LogP contribution in [0.3, 0.4) is 0 Å². The van der Waals surface area contributed by atoms with Crippen molar-refractivity contribution in [1.29, 1.82) is 0 Å². The number of nitrogens with zero attached hydrogens (tertiary/aromatic N) is 1. The van der Waals surface area contributed by atoms with Crippen molar-refractivity contribution in [2.45, 2.75) is 38.3 Å². The van der Waals surface area contributed by atoms with E-state index in [0.29, 0.717) is 11.0 Å². The van der Waals surface area contributed by atoms with E-state index in [0.717, 1.165) is 30.5 Å². The fourth-order valence-corrected chi connectivity index (χ4v) is 3.11. The van der Waals surface area contributed by atoms with Gasteiger partial charge in [0.15, 0.2) is 5.11 Å². The molecule has 3 nitrogen and oxygen atoms in total. The molecule has 0 aliphatic heterocycles. The van der Waals surface area contributed by atoms with E-state index in [2.05, 4.69) is 11.9 Å². The van der Waals surface area contributed by atoms with Crippen molar-refractivity contribution in [2.75, 3.05) is 12.4 Å². The van der Waals surface area contributed by atoms with Gasteiger partial charge in [-0.1, -0.05) is 24.3 Å². The maximum absolute atomic E-state index is 10.3. The Balaban J connectivity index is 2.04. The molecule has 0 aromatic heterocycles. The molecule has 0 radical (unpaired) electrons. The molecule has 1 aromatic carbocycles. The number of aryl methyl sites for hydroxylation is 1. The molecule has 1 fully saturated rings. The molecule has 2 rings (SSSR count). The van der Waals surface area contributed by atoms with Gasteiger partial charge in [-0.05, 0) is 56.0 Å². The molecule has 3 atom stereocenters. The number of para-hydroxylation sites is 1. The van der Waals surface area contributed by atoms with Crippen LogP contribution in [0.5, 0.6) is 0 Å². The number of thiocarbonyl (C=S) groups is 1. The average molecular weight is 304 g/mol. The van der Waals surface area contributed by atoms with Crippen molar-refractivity contribution in [2.24, 2.45) is 5.92 Å². The van der Waals surface area contributed by atoms with E-state index in [9.17, 15) is 5.11 Å². The number of nitrogens with one attached hydrogen (secondary N) is 1. The SMILES string of the molecule is C=C[C@@H]1CC[C@@H](O)[C@H](N(C)C(=S)Nc2ccccc2C)C1. The van der Waals surface area contributed by atoms with Crippen molar-refractivity contribution in [3.05, 3.63) is 42.5 Å². The van der Waals surface area contributed by atoms with E-state index >= 15 is 0 Å². The summed E-state index contributed by atoms with van der Waals surface area (Å²) < 4.78 is 0. The van der Waals surface area contributed by atoms with E-state index in [4.69, 9.17) is 12.2 Å². The highest BCUT2D eigenvalue weighted by molar-refractivity contribution is 7.80. The van der Waals surface area contributed by atoms with Crippen molar-refractivity contribution < 1.29 is 5.11 Å². The normalized spacial score (nSPS) is 25.2. The van der Waals surface area contributed by atoms with Gasteiger partial charge in [-0.25, -0.2) is 0 Å². The van der Waals surface area contributed by atoms with Gasteiger partial charge in [0.25, 0.3) is 0 Å². The van der Waals surface area contributed by atoms with E-state index in [1.165, 1.54) is 0 Å². The van der Waals surface area contributed by atoms with Crippen LogP contribution in [0.15, 0.2) is 36.9 Å². The molecule has 21 heavy (non-hydrogen) atoms. The molecule has 1 saturated carbocycles. The summed E-state index contributed by atoms with van der Waals surface area (Å²) in [5.41, 5.74) is 2.17. The fraction of sp³-hybridized carbons (Fsp3) is 0.471. The molecule has 0 saturated heterocycles. The smallest absolute Gasteiger partial charge is 0.173 e. The Morgan fingerprint density at radius 1 is 1.43 bits per heavy atom. The molecular formula is C17H24N2OS. The van der Waals surface area contributed by atoms with E-state index in [1.807, 2.05) is 49.2 Å². The van der Waals surface area contributed by atoms with Gasteiger partial charge in [-0.2, -0.15) is 0 Å². The highest BCUT2D eigenvalue weighted by Gasteiger charge is 2.31. The monoisotopic (exact) mass is 304 g/mol. The lowest BCUT2D eigenvalue weighted by Crippen LogP contribution is -2.49. The number of hydrogen-bond donors (Lipinski definition) is 2. The standard InChI is InChI=1S/C17H24N2OS/c1-4-13-9-10-16(20)15(11-13)19(3)17(21)18-14-8-6-5-7-12(14)2/h4-8,13,15-16,20H,1,9-11H2,2-3H3,(H,18,21)/t13-,15-,16-/m1/s1. The van der Waals surface area contributed by atoms with Crippen molar-refractivity contribution >= 4 is 23.0 Å². The van der Waals surface area contributed by atoms with Crippen LogP contribution >= 0.6 is 12.2 Å². The number of aliphatic hydroxyl groups is 1. The molecule has 0 spiro atoms. The molecule has 114 valence electrons. The summed E-state index contributed by atoms with van der Waals surface area (Å²) in [5.74, 6) is 0.460. The first-order valence-electron chi connectivity index (χ1n) is 7.43. The molecule has 0 amide bonds. The summed E-state index contributed by atoms with van der Waals surface area (Å²) in [7, 11) is 1.95. The second kappa shape index (κ2) is 7.05. The van der Waals surface area contributed by atoms with Gasteiger partial charge in [0.1, 0.15) is 0 Å². The highest BCUT2D eigenvalue weighted by Crippen LogP contribution is 2.28. The summed E-state index contributed by atoms with van der Waals surface area (Å²) in [6.45, 7) is 5.93. The summed E-state index contributed by atoms with van der Waals surface area (Å²) in [6.07, 6.45) is 4.37. The molecule has 0 heterocycles. The Labute approximate surface area is 132 Å². The molecule has 1 aromatic rings. The maximum Gasteiger partial charge on any atom is 0.173 e. The van der Waals surface area contributed by atoms with Crippen LogP contribution in [-0.4, -0.2) is 34.3 Å². The largest absolute Gasteiger partial charge is 0.391 e. The number of allylic oxidation sites excluding steroid dienone is 1. The summed E-state index contributed by atoms with van der Waals surface area (Å²) >= 11 is 5.50. The van der Waals surface area contributed by atoms with Gasteiger partial charge in [-0.3, -0.25) is 0 Å². The van der Waals surface area contributed by atoms with Crippen LogP contribution in [-0.2, 0) is 0 Å². The molecule has 0 bridgehead atoms. The zero-order valence-electron chi connectivity index (χ0n) is 12.7. The van der Waals surface area contributed by atoms with E-state index in [1.54, 1.807) is 0 Å². The van der Waals surface area contributed by atoms with Crippen molar-refractivity contribution in [3.8, 4) is 0 Å². The summed E-state index contributed by atoms with van der Waals surface area (Å²) in [6, 6.07) is 8.10. The lowest BCUT2D eigenvalue weighted by atomic mass is 9.83. The number of anilines is 1. The molecule has 1 aliphatic rings. The molecule has 2 N–H and O–H groups in total. The lowest BCUT2D eigenvalue weighted by Gasteiger charge is -2.39. The highest BCUT2D eigenvalue weighted by atomic mass is 32.1. The topological polar surface area (TPSA) is 35.5 Å². The van der Waals surface area contributed by atoms with Crippen LogP contribution in [0.1, 0.15) is 24.8 Å². The number of likely N-dealkylation sites (N-methyl/N-ethyl adjacent to an activating group) is 1. The number of aliphatic hydroxyl groups excluding tert-OH is 1. The number of rotatable bonds is 3. The predicted molar refractivity (Wildman–Crippen MR) is 92.5 cm³/mol. The Hall–Kier alpha value is -1.39. The van der Waals surface area contributed by atoms with Crippen molar-refractivity contribution in [3.63, 3.8) is 0 Å². The Morgan fingerprint density at radius 3 is 2.81 bits per heavy atom. The first-order chi connectivity index (χ1) is 10.0.